The molecule has 0 saturated carbocycles. The van der Waals surface area contributed by atoms with E-state index in [1.54, 1.807) is 0 Å². The summed E-state index contributed by atoms with van der Waals surface area (Å²) in [6.45, 7) is 6.53. The molecule has 3 heteroatoms. The molecule has 0 radical (unpaired) electrons. The van der Waals surface area contributed by atoms with Gasteiger partial charge in [-0.15, -0.1) is 0 Å². The van der Waals surface area contributed by atoms with E-state index in [1.165, 1.54) is 24.0 Å². The maximum Gasteiger partial charge on any atom is 1.00 e. The molecular formula is C19H31LiO2. The third-order valence-electron chi connectivity index (χ3n) is 4.05. The van der Waals surface area contributed by atoms with Crippen LogP contribution in [0.3, 0.4) is 0 Å². The monoisotopic (exact) mass is 298 g/mol. The van der Waals surface area contributed by atoms with Crippen molar-refractivity contribution in [3.05, 3.63) is 34.4 Å². The van der Waals surface area contributed by atoms with E-state index in [4.69, 9.17) is 0 Å². The minimum Gasteiger partial charge on any atom is -1.00 e. The van der Waals surface area contributed by atoms with Crippen LogP contribution in [0.2, 0.25) is 0 Å². The Morgan fingerprint density at radius 2 is 1.27 bits per heavy atom. The number of unbranched alkanes of at least 4 members (excludes halogenated alkanes) is 3. The van der Waals surface area contributed by atoms with Crippen LogP contribution in [0.1, 0.15) is 87.8 Å². The van der Waals surface area contributed by atoms with Gasteiger partial charge >= 0.3 is 24.8 Å². The van der Waals surface area contributed by atoms with Crippen LogP contribution in [0.4, 0.5) is 0 Å². The minimum absolute atomic E-state index is 0. The van der Waals surface area contributed by atoms with Gasteiger partial charge in [-0.3, -0.25) is 0 Å². The van der Waals surface area contributed by atoms with Gasteiger partial charge in [0.25, 0.3) is 0 Å². The molecule has 0 aromatic heterocycles. The summed E-state index contributed by atoms with van der Waals surface area (Å²) in [5.74, 6) is -0.777. The van der Waals surface area contributed by atoms with Crippen LogP contribution in [0.25, 0.3) is 0 Å². The maximum atomic E-state index is 11.5. The Balaban J connectivity index is 0. The van der Waals surface area contributed by atoms with E-state index >= 15 is 0 Å². The molecule has 1 rings (SSSR count). The first kappa shape index (κ1) is 21.3. The summed E-state index contributed by atoms with van der Waals surface area (Å²) >= 11 is 0. The Labute approximate surface area is 149 Å². The summed E-state index contributed by atoms with van der Waals surface area (Å²) in [6, 6.07) is 4.13. The van der Waals surface area contributed by atoms with Crippen molar-refractivity contribution in [3.8, 4) is 0 Å². The van der Waals surface area contributed by atoms with Crippen LogP contribution in [0.5, 0.6) is 0 Å². The molecule has 2 nitrogen and oxygen atoms in total. The van der Waals surface area contributed by atoms with E-state index in [9.17, 15) is 9.90 Å². The normalized spacial score (nSPS) is 10.3. The fraction of sp³-hybridized carbons (Fsp3) is 0.632. The first-order valence-corrected chi connectivity index (χ1v) is 8.51. The molecule has 1 aromatic carbocycles. The number of carbonyl (C=O) groups is 1. The average Bonchev–Trinajstić information content (AvgIpc) is 2.48. The topological polar surface area (TPSA) is 37.3 Å². The number of carboxylic acid groups (broad SMARTS) is 1. The SMILES string of the molecule is CCCCc1cc(CCCC)c(C(=O)O)cc1CCCC.[H-].[Li+]. The van der Waals surface area contributed by atoms with E-state index in [2.05, 4.69) is 26.8 Å². The predicted octanol–water partition coefficient (Wildman–Crippen LogP) is 2.53. The Morgan fingerprint density at radius 3 is 1.68 bits per heavy atom. The predicted molar refractivity (Wildman–Crippen MR) is 90.3 cm³/mol. The van der Waals surface area contributed by atoms with Gasteiger partial charge in [0.1, 0.15) is 0 Å². The Hall–Kier alpha value is -0.713. The molecule has 22 heavy (non-hydrogen) atoms. The van der Waals surface area contributed by atoms with Crippen molar-refractivity contribution in [1.82, 2.24) is 0 Å². The van der Waals surface area contributed by atoms with Crippen molar-refractivity contribution in [2.45, 2.75) is 78.6 Å². The fourth-order valence-electron chi connectivity index (χ4n) is 2.71. The zero-order valence-electron chi connectivity index (χ0n) is 15.9. The van der Waals surface area contributed by atoms with Gasteiger partial charge in [-0.1, -0.05) is 46.1 Å². The molecule has 1 N–H and O–H groups in total. The number of rotatable bonds is 10. The molecule has 0 unspecified atom stereocenters. The van der Waals surface area contributed by atoms with E-state index in [0.717, 1.165) is 50.5 Å². The zero-order valence-corrected chi connectivity index (χ0v) is 14.9. The third kappa shape index (κ3) is 6.59. The minimum atomic E-state index is -0.777. The van der Waals surface area contributed by atoms with Gasteiger partial charge in [-0.25, -0.2) is 4.79 Å². The van der Waals surface area contributed by atoms with Crippen molar-refractivity contribution in [2.24, 2.45) is 0 Å². The molecule has 0 amide bonds. The number of carboxylic acids is 1. The fourth-order valence-corrected chi connectivity index (χ4v) is 2.71. The van der Waals surface area contributed by atoms with Crippen molar-refractivity contribution in [3.63, 3.8) is 0 Å². The second kappa shape index (κ2) is 11.8. The number of aryl methyl sites for hydroxylation is 3. The number of benzene rings is 1. The van der Waals surface area contributed by atoms with E-state index in [0.29, 0.717) is 5.56 Å². The molecule has 0 saturated heterocycles. The molecule has 0 heterocycles. The number of hydrogen-bond donors (Lipinski definition) is 1. The number of aromatic carboxylic acids is 1. The molecule has 0 bridgehead atoms. The summed E-state index contributed by atoms with van der Waals surface area (Å²) in [6.07, 6.45) is 9.75. The molecule has 0 aliphatic rings. The van der Waals surface area contributed by atoms with Crippen LogP contribution < -0.4 is 18.9 Å². The smallest absolute Gasteiger partial charge is 1.00 e. The summed E-state index contributed by atoms with van der Waals surface area (Å²) < 4.78 is 0. The molecular weight excluding hydrogens is 267 g/mol. The molecule has 120 valence electrons. The first-order valence-electron chi connectivity index (χ1n) is 8.51. The second-order valence-corrected chi connectivity index (χ2v) is 5.89. The molecule has 0 aliphatic heterocycles. The molecule has 0 spiro atoms. The summed E-state index contributed by atoms with van der Waals surface area (Å²) in [5, 5.41) is 9.48. The zero-order chi connectivity index (χ0) is 15.7. The van der Waals surface area contributed by atoms with Crippen LogP contribution in [0, 0.1) is 0 Å². The summed E-state index contributed by atoms with van der Waals surface area (Å²) in [4.78, 5) is 11.5. The van der Waals surface area contributed by atoms with Crippen LogP contribution in [-0.2, 0) is 19.3 Å². The quantitative estimate of drug-likeness (QED) is 0.674. The summed E-state index contributed by atoms with van der Waals surface area (Å²) in [5.41, 5.74) is 4.18. The van der Waals surface area contributed by atoms with Gasteiger partial charge < -0.3 is 6.53 Å². The maximum absolute atomic E-state index is 11.5. The van der Waals surface area contributed by atoms with Gasteiger partial charge in [0.15, 0.2) is 0 Å². The van der Waals surface area contributed by atoms with E-state index in [1.807, 2.05) is 6.07 Å². The van der Waals surface area contributed by atoms with E-state index < -0.39 is 5.97 Å². The van der Waals surface area contributed by atoms with Crippen molar-refractivity contribution >= 4 is 5.97 Å². The Bertz CT molecular complexity index is 461. The largest absolute Gasteiger partial charge is 1.00 e. The van der Waals surface area contributed by atoms with Gasteiger partial charge in [0, 0.05) is 0 Å². The number of hydrogen-bond acceptors (Lipinski definition) is 1. The summed E-state index contributed by atoms with van der Waals surface area (Å²) in [7, 11) is 0. The molecule has 0 fully saturated rings. The first-order chi connectivity index (χ1) is 10.1. The third-order valence-corrected chi connectivity index (χ3v) is 4.05. The van der Waals surface area contributed by atoms with Gasteiger partial charge in [-0.05, 0) is 61.3 Å². The van der Waals surface area contributed by atoms with Crippen LogP contribution in [-0.4, -0.2) is 11.1 Å². The van der Waals surface area contributed by atoms with Crippen LogP contribution >= 0.6 is 0 Å². The van der Waals surface area contributed by atoms with Crippen molar-refractivity contribution < 1.29 is 30.2 Å². The van der Waals surface area contributed by atoms with Crippen molar-refractivity contribution in [2.75, 3.05) is 0 Å². The van der Waals surface area contributed by atoms with Crippen LogP contribution in [0.15, 0.2) is 12.1 Å². The molecule has 1 aromatic rings. The van der Waals surface area contributed by atoms with Crippen molar-refractivity contribution in [1.29, 1.82) is 0 Å². The van der Waals surface area contributed by atoms with E-state index in [-0.39, 0.29) is 20.3 Å². The Kier molecular flexibility index (Phi) is 11.4. The molecule has 0 atom stereocenters. The molecule has 0 aliphatic carbocycles. The van der Waals surface area contributed by atoms with Gasteiger partial charge in [0.2, 0.25) is 0 Å². The van der Waals surface area contributed by atoms with Gasteiger partial charge in [-0.2, -0.15) is 0 Å². The average molecular weight is 298 g/mol. The Morgan fingerprint density at radius 1 is 0.864 bits per heavy atom. The standard InChI is InChI=1S/C19H30O2.Li.H/c1-4-7-10-15-13-17(12-9-6-3)18(19(20)21)14-16(15)11-8-5-2;;/h13-14H,4-12H2,1-3H3,(H,20,21);;/q;+1;-1. The van der Waals surface area contributed by atoms with Gasteiger partial charge in [0.05, 0.1) is 5.56 Å². The second-order valence-electron chi connectivity index (χ2n) is 5.89.